The van der Waals surface area contributed by atoms with Gasteiger partial charge in [-0.2, -0.15) is 4.39 Å². The highest BCUT2D eigenvalue weighted by Gasteiger charge is 2.64. The summed E-state index contributed by atoms with van der Waals surface area (Å²) in [6.45, 7) is 9.78. The minimum Gasteiger partial charge on any atom is -0.454 e. The highest BCUT2D eigenvalue weighted by Crippen LogP contribution is 2.68. The van der Waals surface area contributed by atoms with Gasteiger partial charge in [-0.1, -0.05) is 20.4 Å². The molecule has 4 aliphatic rings. The standard InChI is InChI=1S/C16H23FO2/c1-10(17)13(18)19-16(4)11-5-14(2)6-12(16)8-15(3,7-11)9-14/h11-12H,1,5-9H2,2-4H3. The van der Waals surface area contributed by atoms with Gasteiger partial charge in [-0.25, -0.2) is 4.79 Å². The van der Waals surface area contributed by atoms with E-state index in [1.165, 1.54) is 6.42 Å². The van der Waals surface area contributed by atoms with Crippen molar-refractivity contribution in [3.8, 4) is 0 Å². The molecule has 4 bridgehead atoms. The number of rotatable bonds is 2. The van der Waals surface area contributed by atoms with Crippen molar-refractivity contribution in [3.05, 3.63) is 12.4 Å². The summed E-state index contributed by atoms with van der Waals surface area (Å²) >= 11 is 0. The third-order valence-electron chi connectivity index (χ3n) is 5.97. The lowest BCUT2D eigenvalue weighted by molar-refractivity contribution is -0.231. The predicted octanol–water partition coefficient (Wildman–Crippen LogP) is 4.01. The second-order valence-corrected chi connectivity index (χ2v) is 7.99. The van der Waals surface area contributed by atoms with E-state index in [0.717, 1.165) is 25.7 Å². The average Bonchev–Trinajstić information content (AvgIpc) is 2.22. The Hall–Kier alpha value is -0.860. The molecule has 4 aliphatic carbocycles. The van der Waals surface area contributed by atoms with Crippen LogP contribution in [0, 0.1) is 22.7 Å². The van der Waals surface area contributed by atoms with Crippen LogP contribution in [0.2, 0.25) is 0 Å². The quantitative estimate of drug-likeness (QED) is 0.557. The zero-order chi connectivity index (χ0) is 14.1. The van der Waals surface area contributed by atoms with Crippen molar-refractivity contribution in [1.82, 2.24) is 0 Å². The number of carbonyl (C=O) groups is 1. The second-order valence-electron chi connectivity index (χ2n) is 7.99. The largest absolute Gasteiger partial charge is 0.454 e. The maximum Gasteiger partial charge on any atom is 0.367 e. The molecule has 4 fully saturated rings. The fourth-order valence-corrected chi connectivity index (χ4v) is 5.58. The second kappa shape index (κ2) is 3.62. The molecule has 0 aliphatic heterocycles. The summed E-state index contributed by atoms with van der Waals surface area (Å²) in [5, 5.41) is 0. The predicted molar refractivity (Wildman–Crippen MR) is 71.0 cm³/mol. The fourth-order valence-electron chi connectivity index (χ4n) is 5.58. The molecule has 4 rings (SSSR count). The topological polar surface area (TPSA) is 26.3 Å². The Morgan fingerprint density at radius 2 is 1.53 bits per heavy atom. The Morgan fingerprint density at radius 3 is 1.89 bits per heavy atom. The normalized spacial score (nSPS) is 51.2. The van der Waals surface area contributed by atoms with Gasteiger partial charge in [0.15, 0.2) is 0 Å². The zero-order valence-corrected chi connectivity index (χ0v) is 12.1. The number of halogens is 1. The molecule has 0 atom stereocenters. The summed E-state index contributed by atoms with van der Waals surface area (Å²) in [5.74, 6) is -1.11. The Bertz CT molecular complexity index is 418. The summed E-state index contributed by atoms with van der Waals surface area (Å²) in [7, 11) is 0. The number of hydrogen-bond acceptors (Lipinski definition) is 2. The van der Waals surface area contributed by atoms with Crippen LogP contribution in [0.4, 0.5) is 4.39 Å². The molecule has 0 amide bonds. The van der Waals surface area contributed by atoms with E-state index in [0.29, 0.717) is 22.7 Å². The molecular weight excluding hydrogens is 243 g/mol. The molecule has 3 heteroatoms. The summed E-state index contributed by atoms with van der Waals surface area (Å²) in [6, 6.07) is 0. The fraction of sp³-hybridized carbons (Fsp3) is 0.812. The van der Waals surface area contributed by atoms with Crippen molar-refractivity contribution in [2.24, 2.45) is 22.7 Å². The van der Waals surface area contributed by atoms with Crippen LogP contribution in [0.1, 0.15) is 52.9 Å². The smallest absolute Gasteiger partial charge is 0.367 e. The van der Waals surface area contributed by atoms with E-state index in [-0.39, 0.29) is 0 Å². The van der Waals surface area contributed by atoms with Crippen LogP contribution in [-0.2, 0) is 9.53 Å². The lowest BCUT2D eigenvalue weighted by Gasteiger charge is -2.66. The summed E-state index contributed by atoms with van der Waals surface area (Å²) < 4.78 is 18.5. The molecule has 4 saturated carbocycles. The molecule has 19 heavy (non-hydrogen) atoms. The molecule has 0 spiro atoms. The third-order valence-corrected chi connectivity index (χ3v) is 5.97. The highest BCUT2D eigenvalue weighted by molar-refractivity contribution is 5.85. The van der Waals surface area contributed by atoms with E-state index in [1.54, 1.807) is 0 Å². The summed E-state index contributed by atoms with van der Waals surface area (Å²) in [6.07, 6.45) is 5.68. The van der Waals surface area contributed by atoms with E-state index >= 15 is 0 Å². The number of esters is 1. The monoisotopic (exact) mass is 266 g/mol. The van der Waals surface area contributed by atoms with Crippen LogP contribution in [0.5, 0.6) is 0 Å². The van der Waals surface area contributed by atoms with Crippen LogP contribution < -0.4 is 0 Å². The maximum atomic E-state index is 13.0. The van der Waals surface area contributed by atoms with Gasteiger partial charge in [0.1, 0.15) is 5.60 Å². The van der Waals surface area contributed by atoms with Gasteiger partial charge in [-0.15, -0.1) is 0 Å². The highest BCUT2D eigenvalue weighted by atomic mass is 19.1. The molecule has 0 aromatic heterocycles. The molecule has 0 saturated heterocycles. The Balaban J connectivity index is 1.90. The first-order chi connectivity index (χ1) is 8.66. The van der Waals surface area contributed by atoms with Crippen LogP contribution in [-0.4, -0.2) is 11.6 Å². The SMILES string of the molecule is C=C(F)C(=O)OC1(C)C2CC3(C)CC1CC(C)(C2)C3. The molecule has 0 N–H and O–H groups in total. The third kappa shape index (κ3) is 1.85. The van der Waals surface area contributed by atoms with E-state index in [1.807, 2.05) is 6.92 Å². The van der Waals surface area contributed by atoms with Crippen molar-refractivity contribution in [2.45, 2.75) is 58.5 Å². The van der Waals surface area contributed by atoms with Crippen molar-refractivity contribution >= 4 is 5.97 Å². The van der Waals surface area contributed by atoms with Crippen LogP contribution >= 0.6 is 0 Å². The van der Waals surface area contributed by atoms with Gasteiger partial charge in [0.2, 0.25) is 5.83 Å². The van der Waals surface area contributed by atoms with Gasteiger partial charge in [0, 0.05) is 0 Å². The van der Waals surface area contributed by atoms with Gasteiger partial charge in [0.25, 0.3) is 0 Å². The summed E-state index contributed by atoms with van der Waals surface area (Å²) in [5.41, 5.74) is 0.282. The van der Waals surface area contributed by atoms with Gasteiger partial charge in [-0.3, -0.25) is 0 Å². The van der Waals surface area contributed by atoms with Gasteiger partial charge >= 0.3 is 5.97 Å². The molecular formula is C16H23FO2. The van der Waals surface area contributed by atoms with Crippen LogP contribution in [0.25, 0.3) is 0 Å². The molecule has 0 unspecified atom stereocenters. The van der Waals surface area contributed by atoms with Gasteiger partial charge in [-0.05, 0) is 61.7 Å². The van der Waals surface area contributed by atoms with Gasteiger partial charge < -0.3 is 4.74 Å². The Kier molecular flexibility index (Phi) is 2.50. The maximum absolute atomic E-state index is 13.0. The average molecular weight is 266 g/mol. The first-order valence-corrected chi connectivity index (χ1v) is 7.24. The van der Waals surface area contributed by atoms with Gasteiger partial charge in [0.05, 0.1) is 0 Å². The first-order valence-electron chi connectivity index (χ1n) is 7.24. The van der Waals surface area contributed by atoms with Crippen molar-refractivity contribution < 1.29 is 13.9 Å². The van der Waals surface area contributed by atoms with Crippen molar-refractivity contribution in [1.29, 1.82) is 0 Å². The molecule has 0 heterocycles. The van der Waals surface area contributed by atoms with E-state index in [4.69, 9.17) is 4.74 Å². The zero-order valence-electron chi connectivity index (χ0n) is 12.1. The lowest BCUT2D eigenvalue weighted by atomic mass is 9.41. The minimum atomic E-state index is -0.979. The van der Waals surface area contributed by atoms with E-state index < -0.39 is 17.4 Å². The molecule has 0 aromatic rings. The minimum absolute atomic E-state index is 0.368. The Labute approximate surface area is 114 Å². The Morgan fingerprint density at radius 1 is 1.11 bits per heavy atom. The van der Waals surface area contributed by atoms with Crippen LogP contribution in [0.3, 0.4) is 0 Å². The molecule has 106 valence electrons. The first kappa shape index (κ1) is 13.1. The number of ether oxygens (including phenoxy) is 1. The number of carbonyl (C=O) groups excluding carboxylic acids is 1. The molecule has 0 aromatic carbocycles. The molecule has 2 nitrogen and oxygen atoms in total. The van der Waals surface area contributed by atoms with Crippen molar-refractivity contribution in [3.63, 3.8) is 0 Å². The van der Waals surface area contributed by atoms with E-state index in [2.05, 4.69) is 20.4 Å². The van der Waals surface area contributed by atoms with E-state index in [9.17, 15) is 9.18 Å². The number of hydrogen-bond donors (Lipinski definition) is 0. The summed E-state index contributed by atoms with van der Waals surface area (Å²) in [4.78, 5) is 11.6. The molecule has 0 radical (unpaired) electrons. The van der Waals surface area contributed by atoms with Crippen molar-refractivity contribution in [2.75, 3.05) is 0 Å². The van der Waals surface area contributed by atoms with Crippen LogP contribution in [0.15, 0.2) is 12.4 Å². The lowest BCUT2D eigenvalue weighted by Crippen LogP contribution is -2.63.